The van der Waals surface area contributed by atoms with Crippen LogP contribution in [0.4, 0.5) is 5.82 Å². The van der Waals surface area contributed by atoms with E-state index in [0.717, 1.165) is 28.9 Å². The van der Waals surface area contributed by atoms with Gasteiger partial charge < -0.3 is 0 Å². The van der Waals surface area contributed by atoms with Gasteiger partial charge in [-0.15, -0.1) is 11.3 Å². The van der Waals surface area contributed by atoms with Crippen molar-refractivity contribution >= 4 is 33.1 Å². The Kier molecular flexibility index (Phi) is 4.49. The molecule has 2 aromatic heterocycles. The molecule has 1 N–H and O–H groups in total. The average Bonchev–Trinajstić information content (AvgIpc) is 2.96. The summed E-state index contributed by atoms with van der Waals surface area (Å²) in [7, 11) is 0. The van der Waals surface area contributed by atoms with E-state index >= 15 is 0 Å². The molecule has 2 heterocycles. The molecule has 0 amide bonds. The van der Waals surface area contributed by atoms with Crippen LogP contribution in [0.25, 0.3) is 10.2 Å². The third-order valence-electron chi connectivity index (χ3n) is 5.12. The molecule has 1 saturated carbocycles. The van der Waals surface area contributed by atoms with E-state index in [1.807, 2.05) is 0 Å². The fraction of sp³-hybridized carbons (Fsp3) is 0.350. The highest BCUT2D eigenvalue weighted by atomic mass is 32.1. The van der Waals surface area contributed by atoms with E-state index in [0.29, 0.717) is 5.92 Å². The summed E-state index contributed by atoms with van der Waals surface area (Å²) in [4.78, 5) is 11.1. The topological polar surface area (TPSA) is 50.2 Å². The number of hydrazone groups is 1. The molecule has 0 bridgehead atoms. The Morgan fingerprint density at radius 2 is 1.84 bits per heavy atom. The van der Waals surface area contributed by atoms with E-state index < -0.39 is 0 Å². The van der Waals surface area contributed by atoms with E-state index in [4.69, 9.17) is 0 Å². The van der Waals surface area contributed by atoms with Crippen molar-refractivity contribution in [2.45, 2.75) is 45.4 Å². The number of nitrogens with one attached hydrogen (secondary N) is 1. The Hall–Kier alpha value is -2.27. The second-order valence-corrected chi connectivity index (χ2v) is 7.86. The smallest absolute Gasteiger partial charge is 0.158 e. The number of anilines is 1. The van der Waals surface area contributed by atoms with E-state index in [-0.39, 0.29) is 0 Å². The van der Waals surface area contributed by atoms with E-state index in [2.05, 4.69) is 64.7 Å². The quantitative estimate of drug-likeness (QED) is 0.640. The lowest BCUT2D eigenvalue weighted by atomic mass is 9.83. The van der Waals surface area contributed by atoms with Crippen molar-refractivity contribution in [1.29, 1.82) is 0 Å². The van der Waals surface area contributed by atoms with Gasteiger partial charge in [0.25, 0.3) is 0 Å². The molecule has 1 aliphatic carbocycles. The summed E-state index contributed by atoms with van der Waals surface area (Å²) in [6.07, 6.45) is 6.04. The number of fused-ring (bicyclic) bond motifs is 1. The summed E-state index contributed by atoms with van der Waals surface area (Å²) in [5.74, 6) is 1.48. The van der Waals surface area contributed by atoms with Gasteiger partial charge in [-0.25, -0.2) is 9.97 Å². The minimum Gasteiger partial charge on any atom is -0.261 e. The van der Waals surface area contributed by atoms with Crippen molar-refractivity contribution < 1.29 is 0 Å². The zero-order valence-corrected chi connectivity index (χ0v) is 15.4. The number of hydrogen-bond donors (Lipinski definition) is 1. The number of nitrogens with zero attached hydrogens (tertiary/aromatic N) is 3. The van der Waals surface area contributed by atoms with Crippen LogP contribution in [0.1, 0.15) is 47.6 Å². The highest BCUT2D eigenvalue weighted by Gasteiger charge is 2.19. The molecule has 0 atom stereocenters. The summed E-state index contributed by atoms with van der Waals surface area (Å²) in [6.45, 7) is 4.25. The average molecular weight is 350 g/mol. The zero-order chi connectivity index (χ0) is 17.2. The van der Waals surface area contributed by atoms with Crippen LogP contribution in [-0.2, 0) is 0 Å². The molecule has 4 nitrogen and oxygen atoms in total. The number of rotatable bonds is 3. The lowest BCUT2D eigenvalue weighted by molar-refractivity contribution is 0.566. The highest BCUT2D eigenvalue weighted by molar-refractivity contribution is 7.18. The van der Waals surface area contributed by atoms with Crippen LogP contribution in [0, 0.1) is 13.8 Å². The molecule has 1 fully saturated rings. The summed E-state index contributed by atoms with van der Waals surface area (Å²) in [5.41, 5.74) is 7.15. The van der Waals surface area contributed by atoms with Crippen LogP contribution in [0.5, 0.6) is 0 Å². The number of hydrogen-bond acceptors (Lipinski definition) is 5. The SMILES string of the molecule is Cc1sc2ncnc(NN=C3CCC(c4ccccc4)CC3)c2c1C. The Balaban J connectivity index is 1.47. The fourth-order valence-electron chi connectivity index (χ4n) is 3.52. The Morgan fingerprint density at radius 3 is 2.60 bits per heavy atom. The Labute approximate surface area is 152 Å². The summed E-state index contributed by atoms with van der Waals surface area (Å²) < 4.78 is 0. The second-order valence-electron chi connectivity index (χ2n) is 6.66. The molecule has 1 aromatic carbocycles. The van der Waals surface area contributed by atoms with Gasteiger partial charge in [0.2, 0.25) is 0 Å². The predicted molar refractivity (Wildman–Crippen MR) is 106 cm³/mol. The van der Waals surface area contributed by atoms with Gasteiger partial charge in [0, 0.05) is 10.6 Å². The number of aromatic nitrogens is 2. The van der Waals surface area contributed by atoms with Crippen molar-refractivity contribution in [3.63, 3.8) is 0 Å². The predicted octanol–water partition coefficient (Wildman–Crippen LogP) is 5.43. The first kappa shape index (κ1) is 16.2. The van der Waals surface area contributed by atoms with Crippen LogP contribution >= 0.6 is 11.3 Å². The fourth-order valence-corrected chi connectivity index (χ4v) is 4.52. The van der Waals surface area contributed by atoms with E-state index in [1.54, 1.807) is 17.7 Å². The maximum absolute atomic E-state index is 4.66. The number of benzene rings is 1. The third kappa shape index (κ3) is 3.29. The van der Waals surface area contributed by atoms with Crippen molar-refractivity contribution in [2.24, 2.45) is 5.10 Å². The van der Waals surface area contributed by atoms with E-state index in [9.17, 15) is 0 Å². The van der Waals surface area contributed by atoms with Gasteiger partial charge in [-0.2, -0.15) is 5.10 Å². The normalized spacial score (nSPS) is 17.7. The maximum Gasteiger partial charge on any atom is 0.158 e. The standard InChI is InChI=1S/C20H22N4S/c1-13-14(2)25-20-18(13)19(21-12-22-20)24-23-17-10-8-16(9-11-17)15-6-4-3-5-7-15/h3-7,12,16H,8-11H2,1-2H3,(H,21,22,24). The van der Waals surface area contributed by atoms with E-state index in [1.165, 1.54) is 34.6 Å². The van der Waals surface area contributed by atoms with Gasteiger partial charge in [0.15, 0.2) is 5.82 Å². The van der Waals surface area contributed by atoms with Gasteiger partial charge in [0.05, 0.1) is 5.39 Å². The number of thiophene rings is 1. The molecule has 1 aliphatic rings. The molecular formula is C20H22N4S. The first-order valence-corrected chi connectivity index (χ1v) is 9.61. The van der Waals surface area contributed by atoms with Gasteiger partial charge >= 0.3 is 0 Å². The van der Waals surface area contributed by atoms with Crippen molar-refractivity contribution in [3.8, 4) is 0 Å². The molecule has 0 radical (unpaired) electrons. The monoisotopic (exact) mass is 350 g/mol. The number of aryl methyl sites for hydroxylation is 2. The van der Waals surface area contributed by atoms with Crippen LogP contribution in [0.15, 0.2) is 41.8 Å². The molecule has 25 heavy (non-hydrogen) atoms. The first-order chi connectivity index (χ1) is 12.2. The second kappa shape index (κ2) is 6.92. The molecular weight excluding hydrogens is 328 g/mol. The lowest BCUT2D eigenvalue weighted by Gasteiger charge is -2.23. The van der Waals surface area contributed by atoms with Crippen LogP contribution in [-0.4, -0.2) is 15.7 Å². The molecule has 128 valence electrons. The van der Waals surface area contributed by atoms with Crippen molar-refractivity contribution in [1.82, 2.24) is 9.97 Å². The summed E-state index contributed by atoms with van der Waals surface area (Å²) >= 11 is 1.71. The lowest BCUT2D eigenvalue weighted by Crippen LogP contribution is -2.14. The van der Waals surface area contributed by atoms with Gasteiger partial charge in [-0.1, -0.05) is 30.3 Å². The molecule has 0 unspecified atom stereocenters. The van der Waals surface area contributed by atoms with Crippen LogP contribution in [0.3, 0.4) is 0 Å². The molecule has 0 spiro atoms. The molecule has 3 aromatic rings. The largest absolute Gasteiger partial charge is 0.261 e. The molecule has 0 saturated heterocycles. The van der Waals surface area contributed by atoms with Gasteiger partial charge in [-0.3, -0.25) is 5.43 Å². The summed E-state index contributed by atoms with van der Waals surface area (Å²) in [6, 6.07) is 10.8. The van der Waals surface area contributed by atoms with Crippen LogP contribution in [0.2, 0.25) is 0 Å². The minimum atomic E-state index is 0.660. The summed E-state index contributed by atoms with van der Waals surface area (Å²) in [5, 5.41) is 5.77. The third-order valence-corrected chi connectivity index (χ3v) is 6.23. The zero-order valence-electron chi connectivity index (χ0n) is 14.6. The van der Waals surface area contributed by atoms with Crippen molar-refractivity contribution in [2.75, 3.05) is 5.43 Å². The molecule has 5 heteroatoms. The maximum atomic E-state index is 4.66. The Bertz CT molecular complexity index is 904. The minimum absolute atomic E-state index is 0.660. The first-order valence-electron chi connectivity index (χ1n) is 8.79. The highest BCUT2D eigenvalue weighted by Crippen LogP contribution is 2.33. The van der Waals surface area contributed by atoms with Crippen LogP contribution < -0.4 is 5.43 Å². The molecule has 0 aliphatic heterocycles. The van der Waals surface area contributed by atoms with Crippen molar-refractivity contribution in [3.05, 3.63) is 52.7 Å². The molecule has 4 rings (SSSR count). The van der Waals surface area contributed by atoms with Gasteiger partial charge in [-0.05, 0) is 56.6 Å². The van der Waals surface area contributed by atoms with Gasteiger partial charge in [0.1, 0.15) is 11.2 Å². The Morgan fingerprint density at radius 1 is 1.08 bits per heavy atom.